The fourth-order valence-electron chi connectivity index (χ4n) is 1.31. The average molecular weight is 154 g/mol. The van der Waals surface area contributed by atoms with Crippen molar-refractivity contribution < 1.29 is 4.79 Å². The quantitative estimate of drug-likeness (QED) is 0.438. The molecule has 3 nitrogen and oxygen atoms in total. The van der Waals surface area contributed by atoms with Gasteiger partial charge >= 0.3 is 0 Å². The molecule has 0 aromatic heterocycles. The van der Waals surface area contributed by atoms with Crippen molar-refractivity contribution in [3.63, 3.8) is 0 Å². The van der Waals surface area contributed by atoms with Crippen molar-refractivity contribution in [3.05, 3.63) is 12.7 Å². The summed E-state index contributed by atoms with van der Waals surface area (Å²) in [7, 11) is 0. The zero-order valence-electron chi connectivity index (χ0n) is 6.70. The molecule has 1 fully saturated rings. The van der Waals surface area contributed by atoms with E-state index in [2.05, 4.69) is 11.6 Å². The first kappa shape index (κ1) is 8.27. The molecule has 62 valence electrons. The van der Waals surface area contributed by atoms with Crippen molar-refractivity contribution in [3.8, 4) is 0 Å². The summed E-state index contributed by atoms with van der Waals surface area (Å²) < 4.78 is 0. The van der Waals surface area contributed by atoms with Crippen molar-refractivity contribution in [2.75, 3.05) is 19.6 Å². The molecule has 0 spiro atoms. The van der Waals surface area contributed by atoms with E-state index < -0.39 is 0 Å². The predicted molar refractivity (Wildman–Crippen MR) is 43.8 cm³/mol. The molecule has 0 aromatic rings. The van der Waals surface area contributed by atoms with Gasteiger partial charge in [0.25, 0.3) is 0 Å². The molecular weight excluding hydrogens is 140 g/mol. The fourth-order valence-corrected chi connectivity index (χ4v) is 1.31. The number of hydrogen-bond donors (Lipinski definition) is 0. The second-order valence-electron chi connectivity index (χ2n) is 2.68. The molecule has 1 aliphatic heterocycles. The number of nitrogens with zero attached hydrogens (tertiary/aromatic N) is 2. The molecule has 0 aliphatic carbocycles. The average Bonchev–Trinajstić information content (AvgIpc) is 2.52. The molecule has 1 heterocycles. The minimum Gasteiger partial charge on any atom is -0.277 e. The topological polar surface area (TPSA) is 23.6 Å². The van der Waals surface area contributed by atoms with Gasteiger partial charge in [0.15, 0.2) is 0 Å². The minimum atomic E-state index is 0.628. The van der Waals surface area contributed by atoms with E-state index in [0.717, 1.165) is 19.5 Å². The first-order valence-corrected chi connectivity index (χ1v) is 3.96. The van der Waals surface area contributed by atoms with Gasteiger partial charge in [-0.25, -0.2) is 5.01 Å². The van der Waals surface area contributed by atoms with Crippen LogP contribution in [0.3, 0.4) is 0 Å². The lowest BCUT2D eigenvalue weighted by molar-refractivity contribution is -0.131. The number of amides is 1. The fraction of sp³-hybridized carbons (Fsp3) is 0.625. The van der Waals surface area contributed by atoms with E-state index in [1.165, 1.54) is 12.8 Å². The lowest BCUT2D eigenvalue weighted by Crippen LogP contribution is -2.39. The molecule has 3 heteroatoms. The molecule has 1 amide bonds. The minimum absolute atomic E-state index is 0.628. The molecule has 0 aromatic carbocycles. The summed E-state index contributed by atoms with van der Waals surface area (Å²) in [5, 5.41) is 3.74. The van der Waals surface area contributed by atoms with Crippen molar-refractivity contribution in [1.29, 1.82) is 0 Å². The van der Waals surface area contributed by atoms with Crippen LogP contribution < -0.4 is 0 Å². The summed E-state index contributed by atoms with van der Waals surface area (Å²) >= 11 is 0. The molecule has 0 atom stereocenters. The van der Waals surface area contributed by atoms with Crippen LogP contribution in [0.25, 0.3) is 0 Å². The van der Waals surface area contributed by atoms with Crippen LogP contribution in [0, 0.1) is 0 Å². The highest BCUT2D eigenvalue weighted by atomic mass is 16.1. The predicted octanol–water partition coefficient (Wildman–Crippen LogP) is 0.642. The Bertz CT molecular complexity index is 141. The van der Waals surface area contributed by atoms with Crippen molar-refractivity contribution in [2.24, 2.45) is 0 Å². The molecule has 0 radical (unpaired) electrons. The van der Waals surface area contributed by atoms with Gasteiger partial charge < -0.3 is 0 Å². The van der Waals surface area contributed by atoms with Crippen LogP contribution in [0.4, 0.5) is 0 Å². The summed E-state index contributed by atoms with van der Waals surface area (Å²) in [6.07, 6.45) is 5.00. The molecule has 1 saturated heterocycles. The number of hydrogen-bond acceptors (Lipinski definition) is 2. The highest BCUT2D eigenvalue weighted by Gasteiger charge is 2.16. The molecule has 0 saturated carbocycles. The van der Waals surface area contributed by atoms with E-state index >= 15 is 0 Å². The normalized spacial score (nSPS) is 18.2. The van der Waals surface area contributed by atoms with Crippen LogP contribution in [0.2, 0.25) is 0 Å². The second-order valence-corrected chi connectivity index (χ2v) is 2.68. The third-order valence-electron chi connectivity index (χ3n) is 1.88. The van der Waals surface area contributed by atoms with E-state index in [4.69, 9.17) is 0 Å². The number of carbonyl (C=O) groups is 1. The Balaban J connectivity index is 2.39. The molecule has 0 bridgehead atoms. The molecular formula is C8H14N2O. The van der Waals surface area contributed by atoms with Gasteiger partial charge in [0.1, 0.15) is 0 Å². The maximum absolute atomic E-state index is 10.5. The first-order chi connectivity index (χ1) is 5.38. The lowest BCUT2D eigenvalue weighted by atomic mass is 10.4. The van der Waals surface area contributed by atoms with E-state index in [-0.39, 0.29) is 0 Å². The molecule has 0 N–H and O–H groups in total. The van der Waals surface area contributed by atoms with Crippen LogP contribution in [0.5, 0.6) is 0 Å². The summed E-state index contributed by atoms with van der Waals surface area (Å²) in [6.45, 7) is 6.23. The first-order valence-electron chi connectivity index (χ1n) is 3.96. The Morgan fingerprint density at radius 3 is 2.55 bits per heavy atom. The van der Waals surface area contributed by atoms with E-state index in [0.29, 0.717) is 6.54 Å². The highest BCUT2D eigenvalue weighted by molar-refractivity contribution is 5.46. The standard InChI is InChI=1S/C8H14N2O/c1-2-5-10(8-11)9-6-3-4-7-9/h2,8H,1,3-7H2. The second kappa shape index (κ2) is 4.13. The molecule has 1 aliphatic rings. The monoisotopic (exact) mass is 154 g/mol. The lowest BCUT2D eigenvalue weighted by Gasteiger charge is -2.26. The molecule has 0 unspecified atom stereocenters. The highest BCUT2D eigenvalue weighted by Crippen LogP contribution is 2.08. The third kappa shape index (κ3) is 2.05. The van der Waals surface area contributed by atoms with E-state index in [1.54, 1.807) is 11.1 Å². The summed E-state index contributed by atoms with van der Waals surface area (Å²) in [5.74, 6) is 0. The number of hydrazine groups is 1. The Labute approximate surface area is 67.2 Å². The van der Waals surface area contributed by atoms with Gasteiger partial charge in [0.05, 0.1) is 6.54 Å². The van der Waals surface area contributed by atoms with Crippen molar-refractivity contribution >= 4 is 6.41 Å². The Kier molecular flexibility index (Phi) is 3.11. The summed E-state index contributed by atoms with van der Waals surface area (Å²) in [5.41, 5.74) is 0. The molecule has 11 heavy (non-hydrogen) atoms. The van der Waals surface area contributed by atoms with Crippen LogP contribution in [-0.2, 0) is 4.79 Å². The van der Waals surface area contributed by atoms with Gasteiger partial charge in [-0.15, -0.1) is 6.58 Å². The SMILES string of the molecule is C=CCN(C=O)N1CCCC1. The van der Waals surface area contributed by atoms with Crippen LogP contribution in [0.1, 0.15) is 12.8 Å². The summed E-state index contributed by atoms with van der Waals surface area (Å²) in [4.78, 5) is 10.5. The van der Waals surface area contributed by atoms with Gasteiger partial charge in [0, 0.05) is 13.1 Å². The van der Waals surface area contributed by atoms with Crippen molar-refractivity contribution in [2.45, 2.75) is 12.8 Å². The third-order valence-corrected chi connectivity index (χ3v) is 1.88. The van der Waals surface area contributed by atoms with Gasteiger partial charge in [-0.05, 0) is 12.8 Å². The van der Waals surface area contributed by atoms with Gasteiger partial charge in [-0.2, -0.15) is 0 Å². The zero-order valence-corrected chi connectivity index (χ0v) is 6.70. The van der Waals surface area contributed by atoms with Gasteiger partial charge in [0.2, 0.25) is 6.41 Å². The largest absolute Gasteiger partial charge is 0.277 e. The number of rotatable bonds is 4. The van der Waals surface area contributed by atoms with E-state index in [1.807, 2.05) is 0 Å². The Morgan fingerprint density at radius 2 is 2.09 bits per heavy atom. The Hall–Kier alpha value is -0.830. The van der Waals surface area contributed by atoms with Crippen molar-refractivity contribution in [1.82, 2.24) is 10.0 Å². The Morgan fingerprint density at radius 1 is 1.45 bits per heavy atom. The van der Waals surface area contributed by atoms with Crippen LogP contribution in [0.15, 0.2) is 12.7 Å². The zero-order chi connectivity index (χ0) is 8.10. The molecule has 1 rings (SSSR count). The van der Waals surface area contributed by atoms with Gasteiger partial charge in [-0.3, -0.25) is 9.80 Å². The van der Waals surface area contributed by atoms with Crippen LogP contribution >= 0.6 is 0 Å². The maximum atomic E-state index is 10.5. The summed E-state index contributed by atoms with van der Waals surface area (Å²) in [6, 6.07) is 0. The van der Waals surface area contributed by atoms with Gasteiger partial charge in [-0.1, -0.05) is 6.08 Å². The smallest absolute Gasteiger partial charge is 0.224 e. The number of carbonyl (C=O) groups excluding carboxylic acids is 1. The van der Waals surface area contributed by atoms with E-state index in [9.17, 15) is 4.79 Å². The maximum Gasteiger partial charge on any atom is 0.224 e. The van der Waals surface area contributed by atoms with Crippen LogP contribution in [-0.4, -0.2) is 36.1 Å².